The maximum Gasteiger partial charge on any atom is 0.224 e. The van der Waals surface area contributed by atoms with Crippen LogP contribution in [0.5, 0.6) is 5.75 Å². The van der Waals surface area contributed by atoms with Crippen LogP contribution < -0.4 is 11.1 Å². The third-order valence-electron chi connectivity index (χ3n) is 2.23. The van der Waals surface area contributed by atoms with Crippen LogP contribution in [0.3, 0.4) is 0 Å². The summed E-state index contributed by atoms with van der Waals surface area (Å²) in [6.07, 6.45) is 2.13. The van der Waals surface area contributed by atoms with Gasteiger partial charge in [-0.2, -0.15) is 0 Å². The molecule has 0 atom stereocenters. The van der Waals surface area contributed by atoms with Gasteiger partial charge in [0.2, 0.25) is 5.91 Å². The summed E-state index contributed by atoms with van der Waals surface area (Å²) in [6, 6.07) is 6.73. The minimum Gasteiger partial charge on any atom is -0.508 e. The summed E-state index contributed by atoms with van der Waals surface area (Å²) in [5, 5.41) is 12.0. The Balaban J connectivity index is 2.29. The molecule has 0 aliphatic rings. The summed E-state index contributed by atoms with van der Waals surface area (Å²) < 4.78 is 0. The van der Waals surface area contributed by atoms with E-state index in [1.165, 1.54) is 0 Å². The second kappa shape index (κ2) is 6.85. The molecule has 0 heterocycles. The molecule has 0 aliphatic heterocycles. The Kier molecular flexibility index (Phi) is 5.36. The van der Waals surface area contributed by atoms with Gasteiger partial charge in [0.15, 0.2) is 0 Å². The van der Waals surface area contributed by atoms with Gasteiger partial charge in [0.25, 0.3) is 0 Å². The highest BCUT2D eigenvalue weighted by atomic mass is 16.3. The van der Waals surface area contributed by atoms with E-state index < -0.39 is 0 Å². The molecule has 1 rings (SSSR count). The van der Waals surface area contributed by atoms with Crippen molar-refractivity contribution in [2.45, 2.75) is 19.3 Å². The van der Waals surface area contributed by atoms with Crippen LogP contribution in [0.1, 0.15) is 18.4 Å². The number of carbonyl (C=O) groups excluding carboxylic acids is 1. The van der Waals surface area contributed by atoms with E-state index >= 15 is 0 Å². The summed E-state index contributed by atoms with van der Waals surface area (Å²) in [7, 11) is 0. The first-order valence-corrected chi connectivity index (χ1v) is 5.47. The zero-order chi connectivity index (χ0) is 11.8. The molecule has 16 heavy (non-hydrogen) atoms. The Bertz CT molecular complexity index is 340. The van der Waals surface area contributed by atoms with Gasteiger partial charge in [-0.25, -0.2) is 0 Å². The van der Waals surface area contributed by atoms with Gasteiger partial charge in [0.1, 0.15) is 5.75 Å². The summed E-state index contributed by atoms with van der Waals surface area (Å²) in [5.74, 6) is 0.163. The number of unbranched alkanes of at least 4 members (excludes halogenated alkanes) is 1. The molecular formula is C12H18N2O2. The molecule has 0 unspecified atom stereocenters. The fourth-order valence-electron chi connectivity index (χ4n) is 1.41. The Morgan fingerprint density at radius 2 is 2.19 bits per heavy atom. The Morgan fingerprint density at radius 1 is 1.38 bits per heavy atom. The van der Waals surface area contributed by atoms with Crippen LogP contribution in [0.4, 0.5) is 0 Å². The zero-order valence-electron chi connectivity index (χ0n) is 9.28. The topological polar surface area (TPSA) is 75.3 Å². The van der Waals surface area contributed by atoms with E-state index in [1.807, 2.05) is 6.07 Å². The van der Waals surface area contributed by atoms with Crippen LogP contribution in [0, 0.1) is 0 Å². The monoisotopic (exact) mass is 222 g/mol. The number of hydrogen-bond acceptors (Lipinski definition) is 3. The molecule has 0 spiro atoms. The largest absolute Gasteiger partial charge is 0.508 e. The Hall–Kier alpha value is -1.55. The zero-order valence-corrected chi connectivity index (χ0v) is 9.28. The first-order chi connectivity index (χ1) is 7.72. The van der Waals surface area contributed by atoms with Crippen LogP contribution >= 0.6 is 0 Å². The van der Waals surface area contributed by atoms with Crippen molar-refractivity contribution < 1.29 is 9.90 Å². The number of benzene rings is 1. The van der Waals surface area contributed by atoms with Crippen molar-refractivity contribution in [3.05, 3.63) is 29.8 Å². The minimum atomic E-state index is -0.0254. The van der Waals surface area contributed by atoms with Crippen LogP contribution in [0.25, 0.3) is 0 Å². The predicted octanol–water partition coefficient (Wildman–Crippen LogP) is 0.790. The molecule has 88 valence electrons. The van der Waals surface area contributed by atoms with Gasteiger partial charge < -0.3 is 16.2 Å². The van der Waals surface area contributed by atoms with Gasteiger partial charge in [0.05, 0.1) is 6.42 Å². The maximum absolute atomic E-state index is 11.5. The molecule has 0 aliphatic carbocycles. The standard InChI is InChI=1S/C12H18N2O2/c13-6-1-2-7-14-12(16)9-10-4-3-5-11(15)8-10/h3-5,8,15H,1-2,6-7,9,13H2,(H,14,16). The van der Waals surface area contributed by atoms with E-state index in [9.17, 15) is 9.90 Å². The number of nitrogens with one attached hydrogen (secondary N) is 1. The molecule has 4 heteroatoms. The number of aromatic hydroxyl groups is 1. The van der Waals surface area contributed by atoms with Gasteiger partial charge in [0, 0.05) is 6.54 Å². The fraction of sp³-hybridized carbons (Fsp3) is 0.417. The fourth-order valence-corrected chi connectivity index (χ4v) is 1.41. The number of carbonyl (C=O) groups is 1. The second-order valence-corrected chi connectivity index (χ2v) is 3.69. The highest BCUT2D eigenvalue weighted by Gasteiger charge is 2.02. The third-order valence-corrected chi connectivity index (χ3v) is 2.23. The first-order valence-electron chi connectivity index (χ1n) is 5.47. The van der Waals surface area contributed by atoms with E-state index in [0.717, 1.165) is 18.4 Å². The summed E-state index contributed by atoms with van der Waals surface area (Å²) in [5.41, 5.74) is 6.16. The lowest BCUT2D eigenvalue weighted by molar-refractivity contribution is -0.120. The SMILES string of the molecule is NCCCCNC(=O)Cc1cccc(O)c1. The maximum atomic E-state index is 11.5. The van der Waals surface area contributed by atoms with Gasteiger partial charge in [-0.3, -0.25) is 4.79 Å². The van der Waals surface area contributed by atoms with Crippen molar-refractivity contribution in [3.63, 3.8) is 0 Å². The molecule has 0 saturated heterocycles. The van der Waals surface area contributed by atoms with Crippen LogP contribution in [0.2, 0.25) is 0 Å². The van der Waals surface area contributed by atoms with Gasteiger partial charge in [-0.05, 0) is 37.1 Å². The normalized spacial score (nSPS) is 10.1. The third kappa shape index (κ3) is 4.79. The van der Waals surface area contributed by atoms with Crippen molar-refractivity contribution >= 4 is 5.91 Å². The van der Waals surface area contributed by atoms with Crippen LogP contribution in [-0.4, -0.2) is 24.1 Å². The van der Waals surface area contributed by atoms with Crippen molar-refractivity contribution in [3.8, 4) is 5.75 Å². The van der Waals surface area contributed by atoms with Crippen LogP contribution in [-0.2, 0) is 11.2 Å². The molecule has 0 bridgehead atoms. The smallest absolute Gasteiger partial charge is 0.224 e. The lowest BCUT2D eigenvalue weighted by Gasteiger charge is -2.05. The number of rotatable bonds is 6. The summed E-state index contributed by atoms with van der Waals surface area (Å²) >= 11 is 0. The number of hydrogen-bond donors (Lipinski definition) is 3. The van der Waals surface area contributed by atoms with E-state index in [1.54, 1.807) is 18.2 Å². The van der Waals surface area contributed by atoms with Crippen molar-refractivity contribution in [2.24, 2.45) is 5.73 Å². The summed E-state index contributed by atoms with van der Waals surface area (Å²) in [6.45, 7) is 1.32. The molecular weight excluding hydrogens is 204 g/mol. The van der Waals surface area contributed by atoms with E-state index in [4.69, 9.17) is 5.73 Å². The molecule has 1 amide bonds. The van der Waals surface area contributed by atoms with Gasteiger partial charge >= 0.3 is 0 Å². The highest BCUT2D eigenvalue weighted by molar-refractivity contribution is 5.78. The average molecular weight is 222 g/mol. The number of phenols is 1. The molecule has 0 radical (unpaired) electrons. The van der Waals surface area contributed by atoms with E-state index in [0.29, 0.717) is 19.5 Å². The van der Waals surface area contributed by atoms with Crippen molar-refractivity contribution in [1.29, 1.82) is 0 Å². The molecule has 1 aromatic carbocycles. The Morgan fingerprint density at radius 3 is 2.88 bits per heavy atom. The molecule has 0 aromatic heterocycles. The number of phenolic OH excluding ortho intramolecular Hbond substituents is 1. The van der Waals surface area contributed by atoms with E-state index in [2.05, 4.69) is 5.32 Å². The highest BCUT2D eigenvalue weighted by Crippen LogP contribution is 2.11. The molecule has 0 fully saturated rings. The van der Waals surface area contributed by atoms with Crippen LogP contribution in [0.15, 0.2) is 24.3 Å². The number of amides is 1. The van der Waals surface area contributed by atoms with E-state index in [-0.39, 0.29) is 11.7 Å². The first kappa shape index (κ1) is 12.5. The minimum absolute atomic E-state index is 0.0254. The second-order valence-electron chi connectivity index (χ2n) is 3.69. The van der Waals surface area contributed by atoms with Crippen molar-refractivity contribution in [1.82, 2.24) is 5.32 Å². The molecule has 4 N–H and O–H groups in total. The molecule has 1 aromatic rings. The van der Waals surface area contributed by atoms with Gasteiger partial charge in [-0.1, -0.05) is 12.1 Å². The average Bonchev–Trinajstić information content (AvgIpc) is 2.24. The summed E-state index contributed by atoms with van der Waals surface area (Å²) in [4.78, 5) is 11.5. The predicted molar refractivity (Wildman–Crippen MR) is 63.1 cm³/mol. The molecule has 0 saturated carbocycles. The van der Waals surface area contributed by atoms with Crippen molar-refractivity contribution in [2.75, 3.05) is 13.1 Å². The number of nitrogens with two attached hydrogens (primary N) is 1. The van der Waals surface area contributed by atoms with Gasteiger partial charge in [-0.15, -0.1) is 0 Å². The quantitative estimate of drug-likeness (QED) is 0.623. The molecule has 4 nitrogen and oxygen atoms in total. The Labute approximate surface area is 95.5 Å². The lowest BCUT2D eigenvalue weighted by atomic mass is 10.1. The lowest BCUT2D eigenvalue weighted by Crippen LogP contribution is -2.26.